The highest BCUT2D eigenvalue weighted by Gasteiger charge is 2.28. The maximum atomic E-state index is 11.9. The van der Waals surface area contributed by atoms with E-state index in [4.69, 9.17) is 4.74 Å². The number of H-pyrrole nitrogens is 1. The highest BCUT2D eigenvalue weighted by atomic mass is 16.5. The molecule has 2 unspecified atom stereocenters. The van der Waals surface area contributed by atoms with Crippen LogP contribution in [-0.4, -0.2) is 28.8 Å². The van der Waals surface area contributed by atoms with Crippen LogP contribution in [0.1, 0.15) is 32.6 Å². The van der Waals surface area contributed by atoms with Crippen LogP contribution in [0.2, 0.25) is 0 Å². The number of ether oxygens (including phenoxy) is 1. The first-order chi connectivity index (χ1) is 10.3. The minimum atomic E-state index is -0.0504. The smallest absolute Gasteiger partial charge is 0.308 e. The van der Waals surface area contributed by atoms with Crippen LogP contribution < -0.4 is 5.32 Å². The van der Waals surface area contributed by atoms with Gasteiger partial charge >= 0.3 is 5.97 Å². The summed E-state index contributed by atoms with van der Waals surface area (Å²) >= 11 is 0. The Kier molecular flexibility index (Phi) is 4.08. The number of hydrogen-bond acceptors (Lipinski definition) is 4. The van der Waals surface area contributed by atoms with Gasteiger partial charge < -0.3 is 10.1 Å². The van der Waals surface area contributed by atoms with Crippen molar-refractivity contribution in [2.24, 2.45) is 5.92 Å². The topological polar surface area (TPSA) is 67.0 Å². The Morgan fingerprint density at radius 3 is 3.24 bits per heavy atom. The molecule has 0 aliphatic heterocycles. The molecule has 21 heavy (non-hydrogen) atoms. The van der Waals surface area contributed by atoms with E-state index in [1.807, 2.05) is 25.3 Å². The van der Waals surface area contributed by atoms with Crippen molar-refractivity contribution in [2.75, 3.05) is 11.9 Å². The number of aromatic amines is 1. The molecule has 1 aliphatic carbocycles. The van der Waals surface area contributed by atoms with E-state index in [-0.39, 0.29) is 11.9 Å². The lowest BCUT2D eigenvalue weighted by molar-refractivity contribution is -0.149. The summed E-state index contributed by atoms with van der Waals surface area (Å²) in [4.78, 5) is 11.9. The summed E-state index contributed by atoms with van der Waals surface area (Å²) in [5, 5.41) is 11.7. The fourth-order valence-corrected chi connectivity index (χ4v) is 3.11. The van der Waals surface area contributed by atoms with Gasteiger partial charge in [0.15, 0.2) is 0 Å². The van der Waals surface area contributed by atoms with E-state index in [9.17, 15) is 4.79 Å². The number of nitrogens with one attached hydrogen (secondary N) is 2. The number of nitrogens with zero attached hydrogens (tertiary/aromatic N) is 1. The molecule has 3 rings (SSSR count). The average molecular weight is 287 g/mol. The lowest BCUT2D eigenvalue weighted by atomic mass is 9.85. The maximum Gasteiger partial charge on any atom is 0.308 e. The van der Waals surface area contributed by atoms with Gasteiger partial charge in [-0.25, -0.2) is 0 Å². The Morgan fingerprint density at radius 2 is 2.38 bits per heavy atom. The molecular weight excluding hydrogens is 266 g/mol. The molecule has 5 nitrogen and oxygen atoms in total. The zero-order valence-corrected chi connectivity index (χ0v) is 12.3. The fraction of sp³-hybridized carbons (Fsp3) is 0.500. The second kappa shape index (κ2) is 6.16. The zero-order valence-electron chi connectivity index (χ0n) is 12.3. The molecule has 2 N–H and O–H groups in total. The highest BCUT2D eigenvalue weighted by molar-refractivity contribution is 5.91. The quantitative estimate of drug-likeness (QED) is 0.848. The van der Waals surface area contributed by atoms with E-state index in [1.54, 1.807) is 0 Å². The molecule has 1 aromatic carbocycles. The third kappa shape index (κ3) is 3.01. The van der Waals surface area contributed by atoms with Crippen LogP contribution in [0, 0.1) is 5.92 Å². The van der Waals surface area contributed by atoms with E-state index in [0.717, 1.165) is 42.3 Å². The fourth-order valence-electron chi connectivity index (χ4n) is 3.11. The number of esters is 1. The van der Waals surface area contributed by atoms with Gasteiger partial charge in [0, 0.05) is 17.1 Å². The maximum absolute atomic E-state index is 11.9. The van der Waals surface area contributed by atoms with Crippen molar-refractivity contribution in [2.45, 2.75) is 38.6 Å². The molecule has 1 heterocycles. The lowest BCUT2D eigenvalue weighted by Gasteiger charge is -2.29. The summed E-state index contributed by atoms with van der Waals surface area (Å²) in [6.45, 7) is 2.32. The van der Waals surface area contributed by atoms with Crippen LogP contribution in [0.4, 0.5) is 5.69 Å². The number of aromatic nitrogens is 2. The first-order valence-corrected chi connectivity index (χ1v) is 7.63. The molecule has 0 saturated heterocycles. The van der Waals surface area contributed by atoms with Gasteiger partial charge in [0.1, 0.15) is 0 Å². The molecule has 1 fully saturated rings. The first kappa shape index (κ1) is 13.9. The zero-order chi connectivity index (χ0) is 14.7. The third-order valence-electron chi connectivity index (χ3n) is 4.14. The SMILES string of the molecule is CCOC(=O)C1CCCC(Nc2cccc3[nH]ncc23)C1. The van der Waals surface area contributed by atoms with Crippen molar-refractivity contribution >= 4 is 22.6 Å². The summed E-state index contributed by atoms with van der Waals surface area (Å²) in [5.74, 6) is -0.0229. The number of fused-ring (bicyclic) bond motifs is 1. The molecule has 0 radical (unpaired) electrons. The highest BCUT2D eigenvalue weighted by Crippen LogP contribution is 2.29. The van der Waals surface area contributed by atoms with E-state index in [1.165, 1.54) is 0 Å². The van der Waals surface area contributed by atoms with Crippen LogP contribution in [0.25, 0.3) is 10.9 Å². The molecule has 0 spiro atoms. The molecule has 0 bridgehead atoms. The van der Waals surface area contributed by atoms with Crippen LogP contribution in [-0.2, 0) is 9.53 Å². The van der Waals surface area contributed by atoms with Crippen LogP contribution in [0.3, 0.4) is 0 Å². The van der Waals surface area contributed by atoms with Crippen LogP contribution in [0.5, 0.6) is 0 Å². The molecule has 0 amide bonds. The predicted octanol–water partition coefficient (Wildman–Crippen LogP) is 3.10. The number of hydrogen-bond donors (Lipinski definition) is 2. The summed E-state index contributed by atoms with van der Waals surface area (Å²) < 4.78 is 5.16. The third-order valence-corrected chi connectivity index (χ3v) is 4.14. The van der Waals surface area contributed by atoms with Crippen molar-refractivity contribution in [1.29, 1.82) is 0 Å². The van der Waals surface area contributed by atoms with Gasteiger partial charge in [-0.2, -0.15) is 5.10 Å². The normalized spacial score (nSPS) is 22.1. The van der Waals surface area contributed by atoms with Gasteiger partial charge in [0.2, 0.25) is 0 Å². The Hall–Kier alpha value is -2.04. The Labute approximate surface area is 124 Å². The summed E-state index contributed by atoms with van der Waals surface area (Å²) in [6.07, 6.45) is 5.76. The number of rotatable bonds is 4. The Balaban J connectivity index is 1.70. The van der Waals surface area contributed by atoms with Gasteiger partial charge in [-0.05, 0) is 38.3 Å². The van der Waals surface area contributed by atoms with E-state index < -0.39 is 0 Å². The van der Waals surface area contributed by atoms with Crippen molar-refractivity contribution in [3.8, 4) is 0 Å². The first-order valence-electron chi connectivity index (χ1n) is 7.63. The summed E-state index contributed by atoms with van der Waals surface area (Å²) in [6, 6.07) is 6.39. The largest absolute Gasteiger partial charge is 0.466 e. The minimum Gasteiger partial charge on any atom is -0.466 e. The predicted molar refractivity (Wildman–Crippen MR) is 82.1 cm³/mol. The summed E-state index contributed by atoms with van der Waals surface area (Å²) in [7, 11) is 0. The molecule has 5 heteroatoms. The van der Waals surface area contributed by atoms with Gasteiger partial charge in [0.25, 0.3) is 0 Å². The van der Waals surface area contributed by atoms with Crippen LogP contribution in [0.15, 0.2) is 24.4 Å². The Bertz CT molecular complexity index is 623. The number of benzene rings is 1. The second-order valence-electron chi connectivity index (χ2n) is 5.59. The van der Waals surface area contributed by atoms with Crippen molar-refractivity contribution in [3.05, 3.63) is 24.4 Å². The second-order valence-corrected chi connectivity index (χ2v) is 5.59. The van der Waals surface area contributed by atoms with Gasteiger partial charge in [-0.1, -0.05) is 12.5 Å². The number of carbonyl (C=O) groups excluding carboxylic acids is 1. The molecule has 1 aliphatic rings. The van der Waals surface area contributed by atoms with Crippen molar-refractivity contribution in [3.63, 3.8) is 0 Å². The molecule has 1 saturated carbocycles. The standard InChI is InChI=1S/C16H21N3O2/c1-2-21-16(20)11-5-3-6-12(9-11)18-14-7-4-8-15-13(14)10-17-19-15/h4,7-8,10-12,18H,2-3,5-6,9H2,1H3,(H,17,19). The average Bonchev–Trinajstić information content (AvgIpc) is 2.97. The lowest BCUT2D eigenvalue weighted by Crippen LogP contribution is -2.32. The van der Waals surface area contributed by atoms with Gasteiger partial charge in [-0.15, -0.1) is 0 Å². The van der Waals surface area contributed by atoms with Crippen LogP contribution >= 0.6 is 0 Å². The molecular formula is C16H21N3O2. The van der Waals surface area contributed by atoms with Gasteiger partial charge in [-0.3, -0.25) is 9.89 Å². The molecule has 2 aromatic rings. The Morgan fingerprint density at radius 1 is 1.48 bits per heavy atom. The van der Waals surface area contributed by atoms with Crippen molar-refractivity contribution in [1.82, 2.24) is 10.2 Å². The van der Waals surface area contributed by atoms with E-state index >= 15 is 0 Å². The monoisotopic (exact) mass is 287 g/mol. The van der Waals surface area contributed by atoms with Gasteiger partial charge in [0.05, 0.1) is 24.2 Å². The summed E-state index contributed by atoms with van der Waals surface area (Å²) in [5.41, 5.74) is 2.11. The van der Waals surface area contributed by atoms with Crippen molar-refractivity contribution < 1.29 is 9.53 Å². The molecule has 112 valence electrons. The minimum absolute atomic E-state index is 0.0275. The number of carbonyl (C=O) groups is 1. The number of anilines is 1. The molecule has 1 aromatic heterocycles. The molecule has 2 atom stereocenters. The van der Waals surface area contributed by atoms with E-state index in [0.29, 0.717) is 12.6 Å². The van der Waals surface area contributed by atoms with E-state index in [2.05, 4.69) is 21.6 Å².